The van der Waals surface area contributed by atoms with Crippen LogP contribution in [0.5, 0.6) is 0 Å². The Labute approximate surface area is 141 Å². The minimum absolute atomic E-state index is 0.00632. The summed E-state index contributed by atoms with van der Waals surface area (Å²) in [5.41, 5.74) is 0.908. The SMILES string of the molecule is Cc1ccc(CCNC(=O)C(c2cccnc2)N2CCOCC2)o1. The average Bonchev–Trinajstić information content (AvgIpc) is 3.02. The minimum atomic E-state index is -0.332. The lowest BCUT2D eigenvalue weighted by Crippen LogP contribution is -2.46. The van der Waals surface area contributed by atoms with Gasteiger partial charge in [0.05, 0.1) is 13.2 Å². The molecule has 24 heavy (non-hydrogen) atoms. The summed E-state index contributed by atoms with van der Waals surface area (Å²) in [6.45, 7) is 5.24. The molecule has 3 rings (SSSR count). The molecule has 0 aliphatic carbocycles. The number of morpholine rings is 1. The summed E-state index contributed by atoms with van der Waals surface area (Å²) in [7, 11) is 0. The zero-order valence-electron chi connectivity index (χ0n) is 13.9. The monoisotopic (exact) mass is 329 g/mol. The van der Waals surface area contributed by atoms with Crippen LogP contribution < -0.4 is 5.32 Å². The highest BCUT2D eigenvalue weighted by molar-refractivity contribution is 5.83. The van der Waals surface area contributed by atoms with Crippen molar-refractivity contribution in [2.75, 3.05) is 32.8 Å². The van der Waals surface area contributed by atoms with Crippen LogP contribution in [0.3, 0.4) is 0 Å². The summed E-state index contributed by atoms with van der Waals surface area (Å²) in [5, 5.41) is 3.03. The maximum absolute atomic E-state index is 12.8. The summed E-state index contributed by atoms with van der Waals surface area (Å²) < 4.78 is 10.9. The normalized spacial score (nSPS) is 16.7. The van der Waals surface area contributed by atoms with Gasteiger partial charge in [0, 0.05) is 38.4 Å². The first-order valence-electron chi connectivity index (χ1n) is 8.29. The number of rotatable bonds is 6. The molecule has 1 saturated heterocycles. The van der Waals surface area contributed by atoms with E-state index < -0.39 is 0 Å². The van der Waals surface area contributed by atoms with Crippen LogP contribution >= 0.6 is 0 Å². The molecule has 0 radical (unpaired) electrons. The molecule has 1 aliphatic rings. The van der Waals surface area contributed by atoms with Crippen molar-refractivity contribution < 1.29 is 13.9 Å². The van der Waals surface area contributed by atoms with Gasteiger partial charge in [-0.05, 0) is 30.7 Å². The third-order valence-electron chi connectivity index (χ3n) is 4.13. The molecule has 0 spiro atoms. The fourth-order valence-corrected chi connectivity index (χ4v) is 2.93. The van der Waals surface area contributed by atoms with E-state index in [4.69, 9.17) is 9.15 Å². The van der Waals surface area contributed by atoms with E-state index in [9.17, 15) is 4.79 Å². The Balaban J connectivity index is 1.64. The van der Waals surface area contributed by atoms with Gasteiger partial charge in [0.1, 0.15) is 17.6 Å². The molecule has 1 atom stereocenters. The number of nitrogens with one attached hydrogen (secondary N) is 1. The first-order valence-corrected chi connectivity index (χ1v) is 8.29. The van der Waals surface area contributed by atoms with Crippen molar-refractivity contribution in [1.29, 1.82) is 0 Å². The number of hydrogen-bond donors (Lipinski definition) is 1. The second-order valence-electron chi connectivity index (χ2n) is 5.89. The molecule has 128 valence electrons. The maximum Gasteiger partial charge on any atom is 0.242 e. The van der Waals surface area contributed by atoms with Gasteiger partial charge in [0.25, 0.3) is 0 Å². The third kappa shape index (κ3) is 4.21. The largest absolute Gasteiger partial charge is 0.466 e. The first kappa shape index (κ1) is 16.7. The van der Waals surface area contributed by atoms with Crippen LogP contribution in [0.15, 0.2) is 41.1 Å². The predicted octanol–water partition coefficient (Wildman–Crippen LogP) is 1.72. The van der Waals surface area contributed by atoms with E-state index in [0.717, 1.165) is 30.2 Å². The van der Waals surface area contributed by atoms with Crippen molar-refractivity contribution in [3.8, 4) is 0 Å². The molecule has 1 amide bonds. The van der Waals surface area contributed by atoms with E-state index in [-0.39, 0.29) is 11.9 Å². The number of aromatic nitrogens is 1. The zero-order valence-corrected chi connectivity index (χ0v) is 13.9. The van der Waals surface area contributed by atoms with Crippen molar-refractivity contribution in [3.05, 3.63) is 53.7 Å². The number of aryl methyl sites for hydroxylation is 1. The molecule has 1 N–H and O–H groups in total. The Morgan fingerprint density at radius 2 is 2.17 bits per heavy atom. The van der Waals surface area contributed by atoms with Gasteiger partial charge >= 0.3 is 0 Å². The molecule has 3 heterocycles. The predicted molar refractivity (Wildman–Crippen MR) is 89.5 cm³/mol. The molecule has 2 aromatic rings. The Morgan fingerprint density at radius 1 is 1.33 bits per heavy atom. The van der Waals surface area contributed by atoms with Crippen LogP contribution in [0.4, 0.5) is 0 Å². The van der Waals surface area contributed by atoms with Crippen molar-refractivity contribution in [2.45, 2.75) is 19.4 Å². The zero-order chi connectivity index (χ0) is 16.8. The van der Waals surface area contributed by atoms with Gasteiger partial charge in [-0.2, -0.15) is 0 Å². The summed E-state index contributed by atoms with van der Waals surface area (Å²) in [5.74, 6) is 1.77. The Kier molecular flexibility index (Phi) is 5.61. The van der Waals surface area contributed by atoms with Crippen LogP contribution in [0.25, 0.3) is 0 Å². The smallest absolute Gasteiger partial charge is 0.242 e. The molecule has 0 bridgehead atoms. The number of amides is 1. The van der Waals surface area contributed by atoms with E-state index in [2.05, 4.69) is 15.2 Å². The van der Waals surface area contributed by atoms with Crippen LogP contribution in [-0.2, 0) is 16.0 Å². The molecular weight excluding hydrogens is 306 g/mol. The van der Waals surface area contributed by atoms with Crippen LogP contribution in [-0.4, -0.2) is 48.6 Å². The summed E-state index contributed by atoms with van der Waals surface area (Å²) in [4.78, 5) is 19.1. The number of carbonyl (C=O) groups excluding carboxylic acids is 1. The highest BCUT2D eigenvalue weighted by Crippen LogP contribution is 2.21. The number of nitrogens with zero attached hydrogens (tertiary/aromatic N) is 2. The molecule has 2 aromatic heterocycles. The van der Waals surface area contributed by atoms with Gasteiger partial charge in [-0.25, -0.2) is 0 Å². The maximum atomic E-state index is 12.8. The van der Waals surface area contributed by atoms with Crippen molar-refractivity contribution in [3.63, 3.8) is 0 Å². The number of ether oxygens (including phenoxy) is 1. The summed E-state index contributed by atoms with van der Waals surface area (Å²) in [6.07, 6.45) is 4.16. The molecular formula is C18H23N3O3. The standard InChI is InChI=1S/C18H23N3O3/c1-14-4-5-16(24-14)6-8-20-18(22)17(15-3-2-7-19-13-15)21-9-11-23-12-10-21/h2-5,7,13,17H,6,8-12H2,1H3,(H,20,22). The lowest BCUT2D eigenvalue weighted by Gasteiger charge is -2.33. The lowest BCUT2D eigenvalue weighted by molar-refractivity contribution is -0.128. The molecule has 1 aliphatic heterocycles. The number of hydrogen-bond acceptors (Lipinski definition) is 5. The third-order valence-corrected chi connectivity index (χ3v) is 4.13. The van der Waals surface area contributed by atoms with E-state index in [0.29, 0.717) is 26.2 Å². The van der Waals surface area contributed by atoms with Gasteiger partial charge in [0.15, 0.2) is 0 Å². The molecule has 6 heteroatoms. The second kappa shape index (κ2) is 8.08. The van der Waals surface area contributed by atoms with Crippen LogP contribution in [0.2, 0.25) is 0 Å². The van der Waals surface area contributed by atoms with Gasteiger partial charge in [-0.3, -0.25) is 14.7 Å². The van der Waals surface area contributed by atoms with Gasteiger partial charge in [-0.15, -0.1) is 0 Å². The fraction of sp³-hybridized carbons (Fsp3) is 0.444. The quantitative estimate of drug-likeness (QED) is 0.874. The van der Waals surface area contributed by atoms with Gasteiger partial charge in [0.2, 0.25) is 5.91 Å². The lowest BCUT2D eigenvalue weighted by atomic mass is 10.1. The van der Waals surface area contributed by atoms with Gasteiger partial charge in [-0.1, -0.05) is 6.07 Å². The average molecular weight is 329 g/mol. The molecule has 0 saturated carbocycles. The van der Waals surface area contributed by atoms with Crippen molar-refractivity contribution >= 4 is 5.91 Å². The topological polar surface area (TPSA) is 67.6 Å². The van der Waals surface area contributed by atoms with Crippen LogP contribution in [0, 0.1) is 6.92 Å². The van der Waals surface area contributed by atoms with Crippen molar-refractivity contribution in [2.24, 2.45) is 0 Å². The van der Waals surface area contributed by atoms with E-state index in [1.165, 1.54) is 0 Å². The minimum Gasteiger partial charge on any atom is -0.466 e. The van der Waals surface area contributed by atoms with E-state index in [1.54, 1.807) is 12.4 Å². The number of pyridine rings is 1. The van der Waals surface area contributed by atoms with E-state index in [1.807, 2.05) is 31.2 Å². The highest BCUT2D eigenvalue weighted by Gasteiger charge is 2.28. The second-order valence-corrected chi connectivity index (χ2v) is 5.89. The Bertz CT molecular complexity index is 651. The number of furan rings is 1. The number of carbonyl (C=O) groups is 1. The molecule has 0 aromatic carbocycles. The molecule has 1 fully saturated rings. The van der Waals surface area contributed by atoms with Crippen LogP contribution in [0.1, 0.15) is 23.1 Å². The Morgan fingerprint density at radius 3 is 2.83 bits per heavy atom. The summed E-state index contributed by atoms with van der Waals surface area (Å²) in [6, 6.07) is 7.36. The Hall–Kier alpha value is -2.18. The first-order chi connectivity index (χ1) is 11.7. The molecule has 1 unspecified atom stereocenters. The highest BCUT2D eigenvalue weighted by atomic mass is 16.5. The van der Waals surface area contributed by atoms with Gasteiger partial charge < -0.3 is 14.5 Å². The fourth-order valence-electron chi connectivity index (χ4n) is 2.93. The van der Waals surface area contributed by atoms with Crippen molar-refractivity contribution in [1.82, 2.24) is 15.2 Å². The molecule has 6 nitrogen and oxygen atoms in total. The summed E-state index contributed by atoms with van der Waals surface area (Å²) >= 11 is 0. The van der Waals surface area contributed by atoms with E-state index >= 15 is 0 Å².